The van der Waals surface area contributed by atoms with Crippen LogP contribution in [-0.2, 0) is 22.6 Å². The number of ether oxygens (including phenoxy) is 1. The molecule has 0 unspecified atom stereocenters. The molecule has 144 valence electrons. The van der Waals surface area contributed by atoms with E-state index in [0.29, 0.717) is 18.5 Å². The van der Waals surface area contributed by atoms with Gasteiger partial charge in [0.1, 0.15) is 12.6 Å². The zero-order chi connectivity index (χ0) is 19.7. The molecule has 2 aliphatic rings. The number of hydrogen-bond donors (Lipinski definition) is 1. The maximum absolute atomic E-state index is 13.1. The Labute approximate surface area is 164 Å². The van der Waals surface area contributed by atoms with Crippen molar-refractivity contribution in [2.45, 2.75) is 38.3 Å². The van der Waals surface area contributed by atoms with Crippen molar-refractivity contribution >= 4 is 17.7 Å². The van der Waals surface area contributed by atoms with Crippen LogP contribution >= 0.6 is 0 Å². The monoisotopic (exact) mass is 377 g/mol. The van der Waals surface area contributed by atoms with Gasteiger partial charge in [-0.05, 0) is 29.5 Å². The van der Waals surface area contributed by atoms with E-state index in [1.807, 2.05) is 61.5 Å². The fraction of sp³-hybridized carbons (Fsp3) is 0.304. The number of carboxylic acid groups (broad SMARTS) is 1. The van der Waals surface area contributed by atoms with Crippen molar-refractivity contribution in [3.05, 3.63) is 77.4 Å². The molecule has 3 atom stereocenters. The predicted octanol–water partition coefficient (Wildman–Crippen LogP) is 4.52. The minimum Gasteiger partial charge on any atom is -0.480 e. The van der Waals surface area contributed by atoms with E-state index in [1.54, 1.807) is 0 Å². The Balaban J connectivity index is 1.74. The first-order chi connectivity index (χ1) is 13.6. The second-order valence-corrected chi connectivity index (χ2v) is 7.26. The fourth-order valence-corrected chi connectivity index (χ4v) is 4.41. The van der Waals surface area contributed by atoms with E-state index in [4.69, 9.17) is 4.74 Å². The predicted molar refractivity (Wildman–Crippen MR) is 106 cm³/mol. The molecule has 0 radical (unpaired) electrons. The number of aliphatic carboxylic acids is 1. The first-order valence-electron chi connectivity index (χ1n) is 9.63. The lowest BCUT2D eigenvalue weighted by molar-refractivity contribution is -0.140. The van der Waals surface area contributed by atoms with Crippen LogP contribution in [0.2, 0.25) is 0 Å². The second kappa shape index (κ2) is 7.50. The molecule has 5 heteroatoms. The quantitative estimate of drug-likeness (QED) is 0.796. The highest BCUT2D eigenvalue weighted by molar-refractivity contribution is 5.98. The Morgan fingerprint density at radius 2 is 1.93 bits per heavy atom. The molecule has 2 aromatic rings. The van der Waals surface area contributed by atoms with E-state index in [9.17, 15) is 14.7 Å². The van der Waals surface area contributed by atoms with Crippen LogP contribution in [0.15, 0.2) is 60.7 Å². The van der Waals surface area contributed by atoms with Crippen molar-refractivity contribution < 1.29 is 19.4 Å². The summed E-state index contributed by atoms with van der Waals surface area (Å²) in [4.78, 5) is 26.7. The molecule has 1 heterocycles. The molecule has 1 amide bonds. The van der Waals surface area contributed by atoms with Crippen LogP contribution in [0.5, 0.6) is 0 Å². The Hall–Kier alpha value is -3.08. The van der Waals surface area contributed by atoms with Crippen LogP contribution in [0.1, 0.15) is 36.0 Å². The van der Waals surface area contributed by atoms with E-state index in [2.05, 4.69) is 6.08 Å². The maximum atomic E-state index is 13.1. The number of fused-ring (bicyclic) bond motifs is 3. The Morgan fingerprint density at radius 1 is 1.14 bits per heavy atom. The molecule has 1 N–H and O–H groups in total. The number of rotatable bonds is 4. The number of aryl methyl sites for hydroxylation is 1. The summed E-state index contributed by atoms with van der Waals surface area (Å²) in [6.45, 7) is 2.12. The number of benzene rings is 2. The number of nitrogens with zero attached hydrogens (tertiary/aromatic N) is 1. The third-order valence-corrected chi connectivity index (χ3v) is 5.68. The van der Waals surface area contributed by atoms with Crippen molar-refractivity contribution in [1.82, 2.24) is 0 Å². The molecule has 28 heavy (non-hydrogen) atoms. The van der Waals surface area contributed by atoms with Gasteiger partial charge in [0.25, 0.3) is 0 Å². The summed E-state index contributed by atoms with van der Waals surface area (Å²) >= 11 is 0. The molecule has 0 saturated heterocycles. The topological polar surface area (TPSA) is 66.8 Å². The summed E-state index contributed by atoms with van der Waals surface area (Å²) in [5.74, 6) is -1.16. The number of carbonyl (C=O) groups is 2. The number of carboxylic acids is 1. The van der Waals surface area contributed by atoms with Crippen molar-refractivity contribution in [2.75, 3.05) is 4.90 Å². The van der Waals surface area contributed by atoms with Crippen LogP contribution in [0.25, 0.3) is 0 Å². The first kappa shape index (κ1) is 18.3. The smallest absolute Gasteiger partial charge is 0.415 e. The zero-order valence-corrected chi connectivity index (χ0v) is 15.7. The molecule has 1 aliphatic carbocycles. The van der Waals surface area contributed by atoms with E-state index in [1.165, 1.54) is 4.90 Å². The Bertz CT molecular complexity index is 921. The number of amides is 1. The summed E-state index contributed by atoms with van der Waals surface area (Å²) in [6.07, 6.45) is 4.83. The lowest BCUT2D eigenvalue weighted by Crippen LogP contribution is -2.54. The lowest BCUT2D eigenvalue weighted by Gasteiger charge is -2.42. The molecule has 0 bridgehead atoms. The molecule has 0 spiro atoms. The van der Waals surface area contributed by atoms with Gasteiger partial charge in [0, 0.05) is 11.8 Å². The van der Waals surface area contributed by atoms with Gasteiger partial charge in [-0.2, -0.15) is 0 Å². The number of hydrogen-bond acceptors (Lipinski definition) is 3. The van der Waals surface area contributed by atoms with Gasteiger partial charge >= 0.3 is 12.1 Å². The normalized spacial score (nSPS) is 22.5. The van der Waals surface area contributed by atoms with Crippen LogP contribution in [-0.4, -0.2) is 23.2 Å². The van der Waals surface area contributed by atoms with Crippen LogP contribution in [0.3, 0.4) is 0 Å². The summed E-state index contributed by atoms with van der Waals surface area (Å²) in [7, 11) is 0. The molecule has 5 nitrogen and oxygen atoms in total. The summed E-state index contributed by atoms with van der Waals surface area (Å²) in [5, 5.41) is 10.0. The third kappa shape index (κ3) is 3.07. The van der Waals surface area contributed by atoms with Gasteiger partial charge in [0.2, 0.25) is 0 Å². The van der Waals surface area contributed by atoms with Crippen LogP contribution in [0, 0.1) is 5.92 Å². The summed E-state index contributed by atoms with van der Waals surface area (Å²) in [5.41, 5.74) is 3.53. The molecule has 0 fully saturated rings. The Kier molecular flexibility index (Phi) is 4.90. The molecule has 0 saturated carbocycles. The average molecular weight is 377 g/mol. The molecule has 1 aliphatic heterocycles. The molecular formula is C23H23NO4. The van der Waals surface area contributed by atoms with Crippen molar-refractivity contribution in [3.8, 4) is 0 Å². The van der Waals surface area contributed by atoms with Crippen LogP contribution < -0.4 is 4.90 Å². The van der Waals surface area contributed by atoms with Gasteiger partial charge in [-0.3, -0.25) is 4.90 Å². The average Bonchev–Trinajstić information content (AvgIpc) is 3.20. The van der Waals surface area contributed by atoms with E-state index < -0.39 is 18.1 Å². The van der Waals surface area contributed by atoms with Gasteiger partial charge in [0.05, 0.1) is 5.69 Å². The van der Waals surface area contributed by atoms with Crippen LogP contribution in [0.4, 0.5) is 10.5 Å². The standard InChI is InChI=1S/C23H23NO4/c1-2-16-10-6-12-18-17-11-7-13-19(17)21(22(25)26)24(20(16)18)23(27)28-14-15-8-4-3-5-9-15/h3-12,17,19,21H,2,13-14H2,1H3,(H,25,26)/t17-,19-,21+/m1/s1. The molecule has 4 rings (SSSR count). The minimum absolute atomic E-state index is 0.0146. The zero-order valence-electron chi connectivity index (χ0n) is 15.7. The highest BCUT2D eigenvalue weighted by Gasteiger charge is 2.48. The SMILES string of the molecule is CCc1cccc2c1N(C(=O)OCc1ccccc1)[C@H](C(=O)O)[C@@H]1CC=C[C@H]21. The van der Waals surface area contributed by atoms with Gasteiger partial charge < -0.3 is 9.84 Å². The molecule has 2 aromatic carbocycles. The van der Waals surface area contributed by atoms with Crippen molar-refractivity contribution in [3.63, 3.8) is 0 Å². The van der Waals surface area contributed by atoms with Gasteiger partial charge in [-0.25, -0.2) is 9.59 Å². The number of para-hydroxylation sites is 1. The highest BCUT2D eigenvalue weighted by atomic mass is 16.6. The van der Waals surface area contributed by atoms with E-state index in [-0.39, 0.29) is 18.4 Å². The van der Waals surface area contributed by atoms with Gasteiger partial charge in [-0.15, -0.1) is 0 Å². The first-order valence-corrected chi connectivity index (χ1v) is 9.63. The molecular weight excluding hydrogens is 354 g/mol. The molecule has 0 aromatic heterocycles. The summed E-state index contributed by atoms with van der Waals surface area (Å²) < 4.78 is 5.56. The van der Waals surface area contributed by atoms with E-state index in [0.717, 1.165) is 16.7 Å². The maximum Gasteiger partial charge on any atom is 0.415 e. The van der Waals surface area contributed by atoms with Crippen molar-refractivity contribution in [2.24, 2.45) is 5.92 Å². The van der Waals surface area contributed by atoms with Gasteiger partial charge in [0.15, 0.2) is 0 Å². The fourth-order valence-electron chi connectivity index (χ4n) is 4.41. The lowest BCUT2D eigenvalue weighted by atomic mass is 9.77. The largest absolute Gasteiger partial charge is 0.480 e. The third-order valence-electron chi connectivity index (χ3n) is 5.68. The summed E-state index contributed by atoms with van der Waals surface area (Å²) in [6, 6.07) is 14.4. The Morgan fingerprint density at radius 3 is 2.64 bits per heavy atom. The number of anilines is 1. The second-order valence-electron chi connectivity index (χ2n) is 7.26. The minimum atomic E-state index is -0.994. The van der Waals surface area contributed by atoms with Crippen molar-refractivity contribution in [1.29, 1.82) is 0 Å². The number of allylic oxidation sites excluding steroid dienone is 2. The highest BCUT2D eigenvalue weighted by Crippen LogP contribution is 2.49. The van der Waals surface area contributed by atoms with E-state index >= 15 is 0 Å². The van der Waals surface area contributed by atoms with Gasteiger partial charge in [-0.1, -0.05) is 67.6 Å². The number of carbonyl (C=O) groups excluding carboxylic acids is 1.